The summed E-state index contributed by atoms with van der Waals surface area (Å²) in [7, 11) is 0. The van der Waals surface area contributed by atoms with Crippen LogP contribution in [0.25, 0.3) is 10.8 Å². The molecule has 0 atom stereocenters. The molecule has 0 aliphatic carbocycles. The quantitative estimate of drug-likeness (QED) is 0.469. The summed E-state index contributed by atoms with van der Waals surface area (Å²) in [6.45, 7) is 0. The predicted octanol–water partition coefficient (Wildman–Crippen LogP) is 3.71. The van der Waals surface area contributed by atoms with Gasteiger partial charge in [0.25, 0.3) is 0 Å². The van der Waals surface area contributed by atoms with Crippen LogP contribution in [0.3, 0.4) is 0 Å². The van der Waals surface area contributed by atoms with Gasteiger partial charge in [-0.2, -0.15) is 0 Å². The average Bonchev–Trinajstić information content (AvgIpc) is 2.45. The molecule has 1 aliphatic heterocycles. The van der Waals surface area contributed by atoms with Gasteiger partial charge in [0.15, 0.2) is 0 Å². The van der Waals surface area contributed by atoms with Crippen LogP contribution in [0.15, 0.2) is 60.7 Å². The van der Waals surface area contributed by atoms with Gasteiger partial charge in [-0.25, -0.2) is 0 Å². The Morgan fingerprint density at radius 2 is 1.53 bits per heavy atom. The van der Waals surface area contributed by atoms with Crippen LogP contribution < -0.4 is 4.74 Å². The van der Waals surface area contributed by atoms with E-state index in [0.29, 0.717) is 0 Å². The summed E-state index contributed by atoms with van der Waals surface area (Å²) in [6.07, 6.45) is 0.951. The first-order chi connectivity index (χ1) is 8.92. The molecule has 0 saturated heterocycles. The molecule has 0 fully saturated rings. The Labute approximate surface area is 111 Å². The van der Waals surface area contributed by atoms with Crippen LogP contribution >= 0.6 is 0 Å². The van der Waals surface area contributed by atoms with Crippen LogP contribution in [-0.2, 0) is 6.42 Å². The van der Waals surface area contributed by atoms with Crippen LogP contribution in [0.1, 0.15) is 11.1 Å². The van der Waals surface area contributed by atoms with Gasteiger partial charge in [-0.3, -0.25) is 0 Å². The standard InChI is InChI=1S/C17H12O.H2O/c1-3-7-14-12(5-1)9-10-17-15(14)11-13-6-2-4-8-16(13)18-17;/h1-10H,11H2;1H2. The largest absolute Gasteiger partial charge is 0.457 e. The third-order valence-corrected chi connectivity index (χ3v) is 3.56. The Kier molecular flexibility index (Phi) is 2.73. The Morgan fingerprint density at radius 3 is 2.47 bits per heavy atom. The molecule has 19 heavy (non-hydrogen) atoms. The van der Waals surface area contributed by atoms with Crippen molar-refractivity contribution in [2.45, 2.75) is 6.42 Å². The lowest BCUT2D eigenvalue weighted by Gasteiger charge is -2.21. The molecule has 0 saturated carbocycles. The van der Waals surface area contributed by atoms with Crippen LogP contribution in [0.4, 0.5) is 0 Å². The molecule has 0 amide bonds. The van der Waals surface area contributed by atoms with Crippen LogP contribution in [0.2, 0.25) is 0 Å². The lowest BCUT2D eigenvalue weighted by atomic mass is 9.95. The fourth-order valence-corrected chi connectivity index (χ4v) is 2.65. The molecular weight excluding hydrogens is 236 g/mol. The molecule has 2 heteroatoms. The van der Waals surface area contributed by atoms with Gasteiger partial charge in [0, 0.05) is 12.0 Å². The molecule has 3 aromatic carbocycles. The number of hydrogen-bond donors (Lipinski definition) is 0. The molecule has 4 rings (SSSR count). The van der Waals surface area contributed by atoms with Gasteiger partial charge in [-0.1, -0.05) is 48.5 Å². The number of benzene rings is 3. The van der Waals surface area contributed by atoms with Crippen molar-refractivity contribution in [3.63, 3.8) is 0 Å². The highest BCUT2D eigenvalue weighted by atomic mass is 16.5. The zero-order valence-electron chi connectivity index (χ0n) is 10.4. The molecular formula is C17H14O2. The number of rotatable bonds is 0. The van der Waals surface area contributed by atoms with E-state index in [0.717, 1.165) is 17.9 Å². The summed E-state index contributed by atoms with van der Waals surface area (Å²) < 4.78 is 5.99. The van der Waals surface area contributed by atoms with Gasteiger partial charge in [-0.05, 0) is 28.5 Å². The third kappa shape index (κ3) is 1.77. The third-order valence-electron chi connectivity index (χ3n) is 3.56. The van der Waals surface area contributed by atoms with Crippen LogP contribution in [-0.4, -0.2) is 5.48 Å². The Balaban J connectivity index is 0.00000110. The monoisotopic (exact) mass is 250 g/mol. The molecule has 1 aliphatic rings. The van der Waals surface area contributed by atoms with Crippen molar-refractivity contribution in [1.29, 1.82) is 0 Å². The van der Waals surface area contributed by atoms with E-state index in [1.165, 1.54) is 21.9 Å². The molecule has 0 spiro atoms. The second-order valence-corrected chi connectivity index (χ2v) is 4.65. The second-order valence-electron chi connectivity index (χ2n) is 4.65. The molecule has 0 unspecified atom stereocenters. The summed E-state index contributed by atoms with van der Waals surface area (Å²) >= 11 is 0. The molecule has 0 aromatic heterocycles. The number of para-hydroxylation sites is 1. The van der Waals surface area contributed by atoms with E-state index in [1.54, 1.807) is 0 Å². The smallest absolute Gasteiger partial charge is 0.131 e. The molecule has 0 bridgehead atoms. The lowest BCUT2D eigenvalue weighted by Crippen LogP contribution is -2.03. The van der Waals surface area contributed by atoms with Crippen molar-refractivity contribution in [1.82, 2.24) is 0 Å². The SMILES string of the molecule is O.c1ccc2c(c1)Cc1c(ccc3ccccc13)O2. The summed E-state index contributed by atoms with van der Waals surface area (Å²) in [5, 5.41) is 2.57. The van der Waals surface area contributed by atoms with Crippen molar-refractivity contribution in [3.05, 3.63) is 71.8 Å². The van der Waals surface area contributed by atoms with Crippen LogP contribution in [0.5, 0.6) is 11.5 Å². The maximum absolute atomic E-state index is 5.99. The fourth-order valence-electron chi connectivity index (χ4n) is 2.65. The normalized spacial score (nSPS) is 12.0. The van der Waals surface area contributed by atoms with E-state index in [2.05, 4.69) is 48.5 Å². The van der Waals surface area contributed by atoms with Gasteiger partial charge >= 0.3 is 0 Å². The second kappa shape index (κ2) is 4.41. The van der Waals surface area contributed by atoms with Crippen molar-refractivity contribution >= 4 is 10.8 Å². The fraction of sp³-hybridized carbons (Fsp3) is 0.0588. The average molecular weight is 250 g/mol. The van der Waals surface area contributed by atoms with Crippen LogP contribution in [0, 0.1) is 0 Å². The van der Waals surface area contributed by atoms with E-state index < -0.39 is 0 Å². The van der Waals surface area contributed by atoms with Crippen molar-refractivity contribution in [2.24, 2.45) is 0 Å². The van der Waals surface area contributed by atoms with Crippen molar-refractivity contribution in [3.8, 4) is 11.5 Å². The molecule has 2 nitrogen and oxygen atoms in total. The minimum atomic E-state index is 0. The zero-order chi connectivity index (χ0) is 11.9. The summed E-state index contributed by atoms with van der Waals surface area (Å²) in [6, 6.07) is 20.9. The number of hydrogen-bond acceptors (Lipinski definition) is 1. The Morgan fingerprint density at radius 1 is 0.737 bits per heavy atom. The molecule has 94 valence electrons. The highest BCUT2D eigenvalue weighted by Gasteiger charge is 2.18. The summed E-state index contributed by atoms with van der Waals surface area (Å²) in [4.78, 5) is 0. The minimum Gasteiger partial charge on any atom is -0.457 e. The maximum atomic E-state index is 5.99. The summed E-state index contributed by atoms with van der Waals surface area (Å²) in [5.41, 5.74) is 2.56. The van der Waals surface area contributed by atoms with E-state index in [9.17, 15) is 0 Å². The molecule has 1 heterocycles. The van der Waals surface area contributed by atoms with E-state index in [-0.39, 0.29) is 5.48 Å². The van der Waals surface area contributed by atoms with Crippen molar-refractivity contribution < 1.29 is 10.2 Å². The molecule has 3 aromatic rings. The minimum absolute atomic E-state index is 0. The Hall–Kier alpha value is -2.32. The maximum Gasteiger partial charge on any atom is 0.131 e. The van der Waals surface area contributed by atoms with E-state index in [1.807, 2.05) is 12.1 Å². The topological polar surface area (TPSA) is 40.7 Å². The first-order valence-corrected chi connectivity index (χ1v) is 6.18. The molecule has 2 N–H and O–H groups in total. The summed E-state index contributed by atoms with van der Waals surface area (Å²) in [5.74, 6) is 1.98. The van der Waals surface area contributed by atoms with Gasteiger partial charge in [-0.15, -0.1) is 0 Å². The lowest BCUT2D eigenvalue weighted by molar-refractivity contribution is 0.461. The number of fused-ring (bicyclic) bond motifs is 4. The Bertz CT molecular complexity index is 747. The zero-order valence-corrected chi connectivity index (χ0v) is 10.4. The highest BCUT2D eigenvalue weighted by Crippen LogP contribution is 2.39. The highest BCUT2D eigenvalue weighted by molar-refractivity contribution is 5.88. The van der Waals surface area contributed by atoms with E-state index >= 15 is 0 Å². The molecule has 0 radical (unpaired) electrons. The van der Waals surface area contributed by atoms with E-state index in [4.69, 9.17) is 4.74 Å². The van der Waals surface area contributed by atoms with Gasteiger partial charge in [0.2, 0.25) is 0 Å². The van der Waals surface area contributed by atoms with Gasteiger partial charge < -0.3 is 10.2 Å². The number of ether oxygens (including phenoxy) is 1. The van der Waals surface area contributed by atoms with Gasteiger partial charge in [0.05, 0.1) is 0 Å². The first-order valence-electron chi connectivity index (χ1n) is 6.18. The predicted molar refractivity (Wildman–Crippen MR) is 76.9 cm³/mol. The van der Waals surface area contributed by atoms with Gasteiger partial charge in [0.1, 0.15) is 11.5 Å². The first kappa shape index (κ1) is 11.8. The van der Waals surface area contributed by atoms with Crippen molar-refractivity contribution in [2.75, 3.05) is 0 Å².